The molecular formula is C67H130O17P2. The molecule has 0 aliphatic rings. The van der Waals surface area contributed by atoms with Gasteiger partial charge >= 0.3 is 39.5 Å². The molecule has 510 valence electrons. The molecule has 86 heavy (non-hydrogen) atoms. The van der Waals surface area contributed by atoms with Gasteiger partial charge in [0.2, 0.25) is 0 Å². The van der Waals surface area contributed by atoms with Crippen LogP contribution in [0.4, 0.5) is 0 Å². The van der Waals surface area contributed by atoms with Crippen LogP contribution in [0.1, 0.15) is 343 Å². The van der Waals surface area contributed by atoms with Crippen LogP contribution in [0.2, 0.25) is 0 Å². The molecule has 17 nitrogen and oxygen atoms in total. The summed E-state index contributed by atoms with van der Waals surface area (Å²) in [7, 11) is -9.88. The van der Waals surface area contributed by atoms with Gasteiger partial charge in [-0.05, 0) is 31.6 Å². The summed E-state index contributed by atoms with van der Waals surface area (Å²) in [6.45, 7) is 7.07. The van der Waals surface area contributed by atoms with E-state index in [-0.39, 0.29) is 25.7 Å². The van der Waals surface area contributed by atoms with E-state index in [4.69, 9.17) is 37.0 Å². The molecular weight excluding hydrogens is 1140 g/mol. The molecule has 0 saturated carbocycles. The van der Waals surface area contributed by atoms with E-state index in [1.165, 1.54) is 161 Å². The standard InChI is InChI=1S/C67H130O17P2/c1-6-9-12-15-17-19-20-21-22-23-24-25-26-27-28-29-30-32-38-43-48-53-67(72)84-63(57-78-65(70)51-46-41-36-34-33-35-40-44-49-60(4)5)59-82-86(75,76)80-55-61(68)54-79-85(73,74)81-58-62(56-77-64(69)50-45-39-14-11-8-3)83-66(71)52-47-42-37-31-18-16-13-10-7-2/h60-63,68H,6-59H2,1-5H3,(H,73,74)(H,75,76)/t61-,62+,63+/m0/s1. The van der Waals surface area contributed by atoms with Crippen LogP contribution in [0, 0.1) is 5.92 Å². The van der Waals surface area contributed by atoms with E-state index in [1.807, 2.05) is 0 Å². The quantitative estimate of drug-likeness (QED) is 0.0222. The molecule has 0 saturated heterocycles. The van der Waals surface area contributed by atoms with Gasteiger partial charge in [0.25, 0.3) is 0 Å². The number of aliphatic hydroxyl groups is 1. The number of hydrogen-bond donors (Lipinski definition) is 3. The third kappa shape index (κ3) is 60.9. The van der Waals surface area contributed by atoms with Gasteiger partial charge < -0.3 is 33.8 Å². The molecule has 0 aliphatic carbocycles. The van der Waals surface area contributed by atoms with Crippen molar-refractivity contribution in [2.24, 2.45) is 5.92 Å². The highest BCUT2D eigenvalue weighted by Crippen LogP contribution is 2.45. The predicted octanol–water partition coefficient (Wildman–Crippen LogP) is 19.0. The number of aliphatic hydroxyl groups excluding tert-OH is 1. The number of carbonyl (C=O) groups is 4. The first-order chi connectivity index (χ1) is 41.5. The summed E-state index contributed by atoms with van der Waals surface area (Å²) in [5.74, 6) is -1.42. The second kappa shape index (κ2) is 60.6. The molecule has 19 heteroatoms. The molecule has 0 bridgehead atoms. The van der Waals surface area contributed by atoms with Crippen LogP contribution in [0.15, 0.2) is 0 Å². The average molecular weight is 1270 g/mol. The summed E-state index contributed by atoms with van der Waals surface area (Å²) in [5, 5.41) is 10.5. The Labute approximate surface area is 524 Å². The number of phosphoric ester groups is 2. The summed E-state index contributed by atoms with van der Waals surface area (Å²) in [6.07, 6.45) is 46.5. The van der Waals surface area contributed by atoms with E-state index < -0.39 is 97.5 Å². The Morgan fingerprint density at radius 3 is 0.791 bits per heavy atom. The molecule has 0 fully saturated rings. The third-order valence-electron chi connectivity index (χ3n) is 15.5. The lowest BCUT2D eigenvalue weighted by molar-refractivity contribution is -0.161. The number of phosphoric acid groups is 2. The van der Waals surface area contributed by atoms with E-state index in [2.05, 4.69) is 34.6 Å². The Balaban J connectivity index is 5.08. The molecule has 0 rings (SSSR count). The lowest BCUT2D eigenvalue weighted by Gasteiger charge is -2.21. The normalized spacial score (nSPS) is 14.2. The van der Waals surface area contributed by atoms with Gasteiger partial charge in [0.05, 0.1) is 26.4 Å². The maximum Gasteiger partial charge on any atom is 0.472 e. The van der Waals surface area contributed by atoms with Crippen molar-refractivity contribution in [3.8, 4) is 0 Å². The third-order valence-corrected chi connectivity index (χ3v) is 17.4. The summed E-state index contributed by atoms with van der Waals surface area (Å²) >= 11 is 0. The van der Waals surface area contributed by atoms with Crippen molar-refractivity contribution in [2.45, 2.75) is 361 Å². The lowest BCUT2D eigenvalue weighted by Crippen LogP contribution is -2.30. The Hall–Kier alpha value is -1.94. The highest BCUT2D eigenvalue weighted by molar-refractivity contribution is 7.47. The topological polar surface area (TPSA) is 237 Å². The molecule has 3 N–H and O–H groups in total. The number of esters is 4. The Bertz CT molecular complexity index is 1670. The summed E-state index contributed by atoms with van der Waals surface area (Å²) in [6, 6.07) is 0. The molecule has 0 radical (unpaired) electrons. The smallest absolute Gasteiger partial charge is 0.462 e. The van der Waals surface area contributed by atoms with E-state index in [0.717, 1.165) is 102 Å². The highest BCUT2D eigenvalue weighted by atomic mass is 31.2. The Morgan fingerprint density at radius 2 is 0.535 bits per heavy atom. The van der Waals surface area contributed by atoms with E-state index in [0.29, 0.717) is 25.7 Å². The fourth-order valence-corrected chi connectivity index (χ4v) is 11.7. The molecule has 0 spiro atoms. The zero-order valence-electron chi connectivity index (χ0n) is 55.4. The zero-order valence-corrected chi connectivity index (χ0v) is 57.2. The second-order valence-electron chi connectivity index (χ2n) is 24.7. The van der Waals surface area contributed by atoms with Gasteiger partial charge in [0.1, 0.15) is 19.3 Å². The van der Waals surface area contributed by atoms with Crippen molar-refractivity contribution in [1.29, 1.82) is 0 Å². The lowest BCUT2D eigenvalue weighted by atomic mass is 10.0. The number of unbranched alkanes of at least 4 members (excludes halogenated alkanes) is 39. The molecule has 0 aromatic heterocycles. The van der Waals surface area contributed by atoms with Gasteiger partial charge in [0.15, 0.2) is 12.2 Å². The average Bonchev–Trinajstić information content (AvgIpc) is 3.70. The largest absolute Gasteiger partial charge is 0.472 e. The highest BCUT2D eigenvalue weighted by Gasteiger charge is 2.30. The summed E-state index contributed by atoms with van der Waals surface area (Å²) in [5.41, 5.74) is 0. The minimum absolute atomic E-state index is 0.105. The van der Waals surface area contributed by atoms with Gasteiger partial charge in [-0.15, -0.1) is 0 Å². The van der Waals surface area contributed by atoms with Gasteiger partial charge in [-0.3, -0.25) is 37.3 Å². The van der Waals surface area contributed by atoms with Gasteiger partial charge in [-0.1, -0.05) is 291 Å². The van der Waals surface area contributed by atoms with Crippen LogP contribution in [0.25, 0.3) is 0 Å². The van der Waals surface area contributed by atoms with Crippen LogP contribution in [0.5, 0.6) is 0 Å². The van der Waals surface area contributed by atoms with Crippen molar-refractivity contribution in [2.75, 3.05) is 39.6 Å². The van der Waals surface area contributed by atoms with Crippen molar-refractivity contribution in [3.05, 3.63) is 0 Å². The minimum atomic E-state index is -4.95. The molecule has 5 atom stereocenters. The zero-order chi connectivity index (χ0) is 63.5. The van der Waals surface area contributed by atoms with Crippen molar-refractivity contribution >= 4 is 39.5 Å². The van der Waals surface area contributed by atoms with Gasteiger partial charge in [0, 0.05) is 25.7 Å². The van der Waals surface area contributed by atoms with Crippen LogP contribution in [0.3, 0.4) is 0 Å². The van der Waals surface area contributed by atoms with Crippen LogP contribution in [-0.2, 0) is 65.4 Å². The molecule has 0 aromatic rings. The van der Waals surface area contributed by atoms with E-state index in [9.17, 15) is 43.2 Å². The predicted molar refractivity (Wildman–Crippen MR) is 345 cm³/mol. The first-order valence-corrected chi connectivity index (χ1v) is 38.1. The maximum atomic E-state index is 13.0. The second-order valence-corrected chi connectivity index (χ2v) is 27.6. The van der Waals surface area contributed by atoms with E-state index >= 15 is 0 Å². The van der Waals surface area contributed by atoms with Crippen LogP contribution in [-0.4, -0.2) is 96.7 Å². The molecule has 0 amide bonds. The number of hydrogen-bond acceptors (Lipinski definition) is 15. The first-order valence-electron chi connectivity index (χ1n) is 35.1. The number of carbonyl (C=O) groups excluding carboxylic acids is 4. The summed E-state index contributed by atoms with van der Waals surface area (Å²) < 4.78 is 67.8. The fourth-order valence-electron chi connectivity index (χ4n) is 10.1. The Kier molecular flexibility index (Phi) is 59.2. The molecule has 2 unspecified atom stereocenters. The van der Waals surface area contributed by atoms with Crippen LogP contribution >= 0.6 is 15.6 Å². The maximum absolute atomic E-state index is 13.0. The number of rotatable bonds is 67. The van der Waals surface area contributed by atoms with Gasteiger partial charge in [-0.2, -0.15) is 0 Å². The fraction of sp³-hybridized carbons (Fsp3) is 0.940. The summed E-state index contributed by atoms with van der Waals surface area (Å²) in [4.78, 5) is 72.0. The van der Waals surface area contributed by atoms with Gasteiger partial charge in [-0.25, -0.2) is 9.13 Å². The molecule has 0 heterocycles. The Morgan fingerprint density at radius 1 is 0.314 bits per heavy atom. The monoisotopic (exact) mass is 1270 g/mol. The van der Waals surface area contributed by atoms with Crippen molar-refractivity contribution in [3.63, 3.8) is 0 Å². The number of ether oxygens (including phenoxy) is 4. The van der Waals surface area contributed by atoms with Crippen molar-refractivity contribution < 1.29 is 80.2 Å². The SMILES string of the molecule is CCCCCCCCCCCCCCCCCCCCCCCC(=O)O[C@H](COC(=O)CCCCCCCCCCC(C)C)COP(=O)(O)OC[C@@H](O)COP(=O)(O)OC[C@@H](COC(=O)CCCCCCC)OC(=O)CCCCCCCCCCC. The van der Waals surface area contributed by atoms with Crippen molar-refractivity contribution in [1.82, 2.24) is 0 Å². The van der Waals surface area contributed by atoms with Crippen LogP contribution < -0.4 is 0 Å². The van der Waals surface area contributed by atoms with E-state index in [1.54, 1.807) is 0 Å². The molecule has 0 aromatic carbocycles. The molecule has 0 aliphatic heterocycles. The minimum Gasteiger partial charge on any atom is -0.462 e. The first kappa shape index (κ1) is 84.1.